The number of halogens is 7. The van der Waals surface area contributed by atoms with Crippen LogP contribution in [0.3, 0.4) is 0 Å². The molecule has 2 heterocycles. The number of nitrogens with zero attached hydrogens (tertiary/aromatic N) is 2. The van der Waals surface area contributed by atoms with Gasteiger partial charge in [-0.2, -0.15) is 0 Å². The lowest BCUT2D eigenvalue weighted by Gasteiger charge is -2.37. The smallest absolute Gasteiger partial charge is 0.293 e. The summed E-state index contributed by atoms with van der Waals surface area (Å²) in [6, 6.07) is 7.91. The minimum atomic E-state index is -2.22. The number of hydrogen-bond acceptors (Lipinski definition) is 4. The molecular weight excluding hydrogens is 536 g/mol. The van der Waals surface area contributed by atoms with E-state index in [0.29, 0.717) is 16.3 Å². The Morgan fingerprint density at radius 2 is 1.49 bits per heavy atom. The summed E-state index contributed by atoms with van der Waals surface area (Å²) in [6.45, 7) is -0.0979. The third-order valence-corrected chi connectivity index (χ3v) is 6.52. The van der Waals surface area contributed by atoms with Gasteiger partial charge < -0.3 is 14.2 Å². The van der Waals surface area contributed by atoms with Gasteiger partial charge in [0, 0.05) is 31.7 Å². The zero-order valence-corrected chi connectivity index (χ0v) is 19.8. The Bertz CT molecular complexity index is 1300. The number of carbonyl (C=O) groups excluding carboxylic acids is 1. The number of furan rings is 1. The topological polar surface area (TPSA) is 48.7 Å². The summed E-state index contributed by atoms with van der Waals surface area (Å²) in [4.78, 5) is 15.1. The van der Waals surface area contributed by atoms with E-state index in [1.165, 1.54) is 11.0 Å². The monoisotopic (exact) mass is 549 g/mol. The summed E-state index contributed by atoms with van der Waals surface area (Å²) in [7, 11) is 0. The van der Waals surface area contributed by atoms with Crippen LogP contribution in [0, 0.1) is 29.1 Å². The van der Waals surface area contributed by atoms with E-state index in [2.05, 4.69) is 5.32 Å². The Balaban J connectivity index is 1.40. The standard InChI is InChI=1S/C22H14Cl2F5N3O2S/c23-11-3-1-2-10(14(11)24)12-4-5-13(34-12)21(33)30-22(35)32-8-6-31(7-9-32)20-18(28)16(26)15(25)17(27)19(20)29/h1-5H,6-9H2,(H,30,33,35). The zero-order chi connectivity index (χ0) is 25.4. The molecule has 0 bridgehead atoms. The van der Waals surface area contributed by atoms with Crippen molar-refractivity contribution >= 4 is 52.1 Å². The highest BCUT2D eigenvalue weighted by atomic mass is 35.5. The Morgan fingerprint density at radius 1 is 0.886 bits per heavy atom. The van der Waals surface area contributed by atoms with Crippen molar-refractivity contribution in [1.82, 2.24) is 10.2 Å². The van der Waals surface area contributed by atoms with Crippen LogP contribution in [0.4, 0.5) is 27.6 Å². The van der Waals surface area contributed by atoms with E-state index in [-0.39, 0.29) is 42.1 Å². The number of rotatable bonds is 3. The van der Waals surface area contributed by atoms with Crippen molar-refractivity contribution in [3.8, 4) is 11.3 Å². The van der Waals surface area contributed by atoms with Crippen LogP contribution < -0.4 is 10.2 Å². The Kier molecular flexibility index (Phi) is 7.20. The molecule has 1 saturated heterocycles. The Labute approximate surface area is 211 Å². The molecule has 1 aromatic heterocycles. The summed E-state index contributed by atoms with van der Waals surface area (Å²) in [5.74, 6) is -10.4. The van der Waals surface area contributed by atoms with Crippen molar-refractivity contribution in [3.63, 3.8) is 0 Å². The third kappa shape index (κ3) is 4.80. The molecule has 0 radical (unpaired) electrons. The van der Waals surface area contributed by atoms with E-state index >= 15 is 0 Å². The maximum absolute atomic E-state index is 14.1. The van der Waals surface area contributed by atoms with Gasteiger partial charge in [-0.25, -0.2) is 22.0 Å². The van der Waals surface area contributed by atoms with E-state index in [4.69, 9.17) is 39.8 Å². The Morgan fingerprint density at radius 3 is 2.11 bits per heavy atom. The van der Waals surface area contributed by atoms with Gasteiger partial charge in [-0.3, -0.25) is 10.1 Å². The van der Waals surface area contributed by atoms with E-state index in [1.54, 1.807) is 24.3 Å². The van der Waals surface area contributed by atoms with Gasteiger partial charge in [-0.1, -0.05) is 29.3 Å². The van der Waals surface area contributed by atoms with Gasteiger partial charge in [0.15, 0.2) is 34.1 Å². The van der Waals surface area contributed by atoms with Crippen molar-refractivity contribution in [3.05, 3.63) is 75.2 Å². The predicted octanol–water partition coefficient (Wildman–Crippen LogP) is 5.79. The molecule has 2 aromatic carbocycles. The maximum atomic E-state index is 14.1. The third-order valence-electron chi connectivity index (χ3n) is 5.34. The summed E-state index contributed by atoms with van der Waals surface area (Å²) >= 11 is 17.4. The quantitative estimate of drug-likeness (QED) is 0.194. The van der Waals surface area contributed by atoms with Crippen LogP contribution in [0.1, 0.15) is 10.6 Å². The SMILES string of the molecule is O=C(NC(=S)N1CCN(c2c(F)c(F)c(F)c(F)c2F)CC1)c1ccc(-c2cccc(Cl)c2Cl)o1. The molecule has 0 unspecified atom stereocenters. The second-order valence-electron chi connectivity index (χ2n) is 7.42. The van der Waals surface area contributed by atoms with Crippen molar-refractivity contribution in [2.45, 2.75) is 0 Å². The molecule has 4 rings (SSSR count). The molecule has 0 aliphatic carbocycles. The summed E-state index contributed by atoms with van der Waals surface area (Å²) in [6.07, 6.45) is 0. The summed E-state index contributed by atoms with van der Waals surface area (Å²) in [5.41, 5.74) is -0.510. The fourth-order valence-electron chi connectivity index (χ4n) is 3.54. The number of amides is 1. The molecular formula is C22H14Cl2F5N3O2S. The van der Waals surface area contributed by atoms with Gasteiger partial charge in [0.1, 0.15) is 11.4 Å². The van der Waals surface area contributed by atoms with E-state index in [1.807, 2.05) is 0 Å². The van der Waals surface area contributed by atoms with Crippen LogP contribution in [-0.2, 0) is 0 Å². The van der Waals surface area contributed by atoms with Gasteiger partial charge in [-0.15, -0.1) is 0 Å². The molecule has 0 spiro atoms. The lowest BCUT2D eigenvalue weighted by atomic mass is 10.2. The molecule has 1 N–H and O–H groups in total. The highest BCUT2D eigenvalue weighted by molar-refractivity contribution is 7.80. The minimum absolute atomic E-state index is 0.00537. The molecule has 1 aliphatic heterocycles. The predicted molar refractivity (Wildman–Crippen MR) is 124 cm³/mol. The van der Waals surface area contributed by atoms with E-state index < -0.39 is 40.7 Å². The first-order valence-electron chi connectivity index (χ1n) is 10.0. The molecule has 0 atom stereocenters. The zero-order valence-electron chi connectivity index (χ0n) is 17.5. The number of hydrogen-bond donors (Lipinski definition) is 1. The van der Waals surface area contributed by atoms with Crippen LogP contribution in [0.5, 0.6) is 0 Å². The van der Waals surface area contributed by atoms with Crippen LogP contribution in [-0.4, -0.2) is 42.1 Å². The van der Waals surface area contributed by atoms with Crippen LogP contribution in [0.2, 0.25) is 10.0 Å². The first-order valence-corrected chi connectivity index (χ1v) is 11.2. The van der Waals surface area contributed by atoms with Crippen molar-refractivity contribution in [2.75, 3.05) is 31.1 Å². The lowest BCUT2D eigenvalue weighted by molar-refractivity contribution is 0.0946. The number of benzene rings is 2. The second kappa shape index (κ2) is 10.00. The average molecular weight is 550 g/mol. The average Bonchev–Trinajstić information content (AvgIpc) is 3.34. The fourth-order valence-corrected chi connectivity index (χ4v) is 4.21. The molecule has 5 nitrogen and oxygen atoms in total. The number of piperazine rings is 1. The van der Waals surface area contributed by atoms with E-state index in [9.17, 15) is 26.7 Å². The second-order valence-corrected chi connectivity index (χ2v) is 8.59. The molecule has 1 fully saturated rings. The first-order chi connectivity index (χ1) is 16.6. The highest BCUT2D eigenvalue weighted by Crippen LogP contribution is 2.34. The van der Waals surface area contributed by atoms with Crippen molar-refractivity contribution in [1.29, 1.82) is 0 Å². The van der Waals surface area contributed by atoms with Crippen LogP contribution >= 0.6 is 35.4 Å². The lowest BCUT2D eigenvalue weighted by Crippen LogP contribution is -2.53. The summed E-state index contributed by atoms with van der Waals surface area (Å²) in [5, 5.41) is 3.07. The first kappa shape index (κ1) is 25.2. The van der Waals surface area contributed by atoms with Crippen molar-refractivity contribution in [2.24, 2.45) is 0 Å². The molecule has 1 amide bonds. The number of thiocarbonyl (C=S) groups is 1. The van der Waals surface area contributed by atoms with Crippen molar-refractivity contribution < 1.29 is 31.2 Å². The molecule has 1 aliphatic rings. The molecule has 13 heteroatoms. The van der Waals surface area contributed by atoms with Crippen LogP contribution in [0.15, 0.2) is 34.7 Å². The highest BCUT2D eigenvalue weighted by Gasteiger charge is 2.31. The minimum Gasteiger partial charge on any atom is -0.451 e. The molecule has 0 saturated carbocycles. The van der Waals surface area contributed by atoms with Gasteiger partial charge >= 0.3 is 0 Å². The van der Waals surface area contributed by atoms with E-state index in [0.717, 1.165) is 4.90 Å². The van der Waals surface area contributed by atoms with Gasteiger partial charge in [0.25, 0.3) is 5.91 Å². The number of nitrogens with one attached hydrogen (secondary N) is 1. The molecule has 35 heavy (non-hydrogen) atoms. The van der Waals surface area contributed by atoms with Gasteiger partial charge in [0.2, 0.25) is 5.82 Å². The normalized spacial score (nSPS) is 13.8. The van der Waals surface area contributed by atoms with Gasteiger partial charge in [0.05, 0.1) is 10.0 Å². The molecule has 184 valence electrons. The van der Waals surface area contributed by atoms with Crippen LogP contribution in [0.25, 0.3) is 11.3 Å². The van der Waals surface area contributed by atoms with Gasteiger partial charge in [-0.05, 0) is 36.5 Å². The summed E-state index contributed by atoms with van der Waals surface area (Å²) < 4.78 is 74.1. The number of carbonyl (C=O) groups is 1. The maximum Gasteiger partial charge on any atom is 0.293 e. The molecule has 3 aromatic rings. The Hall–Kier alpha value is -2.89. The number of anilines is 1. The fraction of sp³-hybridized carbons (Fsp3) is 0.182. The largest absolute Gasteiger partial charge is 0.451 e.